The number of piperidine rings is 1. The number of halogens is 1. The van der Waals surface area contributed by atoms with E-state index in [4.69, 9.17) is 4.74 Å². The largest absolute Gasteiger partial charge is 0.444 e. The predicted molar refractivity (Wildman–Crippen MR) is 91.0 cm³/mol. The first-order valence-corrected chi connectivity index (χ1v) is 8.99. The van der Waals surface area contributed by atoms with Crippen molar-refractivity contribution >= 4 is 23.6 Å². The minimum Gasteiger partial charge on any atom is -0.444 e. The predicted octanol–water partition coefficient (Wildman–Crippen LogP) is 4.27. The van der Waals surface area contributed by atoms with E-state index in [-0.39, 0.29) is 22.4 Å². The molecule has 0 atom stereocenters. The van der Waals surface area contributed by atoms with Gasteiger partial charge in [-0.2, -0.15) is 0 Å². The minimum absolute atomic E-state index is 0.00559. The van der Waals surface area contributed by atoms with E-state index in [2.05, 4.69) is 0 Å². The molecule has 1 saturated heterocycles. The van der Waals surface area contributed by atoms with Crippen molar-refractivity contribution in [3.63, 3.8) is 0 Å². The number of carbonyl (C=O) groups is 2. The second kappa shape index (κ2) is 6.06. The fraction of sp³-hybridized carbons (Fsp3) is 0.556. The second-order valence-electron chi connectivity index (χ2n) is 7.49. The molecule has 0 radical (unpaired) electrons. The molecule has 0 unspecified atom stereocenters. The molecule has 2 heterocycles. The molecule has 0 saturated carbocycles. The second-order valence-corrected chi connectivity index (χ2v) is 9.00. The summed E-state index contributed by atoms with van der Waals surface area (Å²) in [6.07, 6.45) is 1.57. The number of ether oxygens (including phenoxy) is 1. The van der Waals surface area contributed by atoms with E-state index >= 15 is 0 Å². The summed E-state index contributed by atoms with van der Waals surface area (Å²) < 4.78 is 18.6. The van der Waals surface area contributed by atoms with Gasteiger partial charge in [0.05, 0.1) is 0 Å². The van der Waals surface area contributed by atoms with Crippen LogP contribution in [0.25, 0.3) is 0 Å². The number of hydrogen-bond donors (Lipinski definition) is 0. The van der Waals surface area contributed by atoms with Crippen LogP contribution in [-0.2, 0) is 4.74 Å². The third-order valence-electron chi connectivity index (χ3n) is 4.38. The molecule has 0 aromatic heterocycles. The number of benzene rings is 1. The summed E-state index contributed by atoms with van der Waals surface area (Å²) in [5.41, 5.74) is -0.0228. The molecule has 1 aromatic carbocycles. The normalized spacial score (nSPS) is 20.0. The lowest BCUT2D eigenvalue weighted by atomic mass is 9.88. The molecular weight excluding hydrogens is 329 g/mol. The molecule has 3 rings (SSSR count). The highest BCUT2D eigenvalue weighted by Gasteiger charge is 2.43. The monoisotopic (exact) mass is 351 g/mol. The number of fused-ring (bicyclic) bond motifs is 1. The van der Waals surface area contributed by atoms with Crippen molar-refractivity contribution in [3.8, 4) is 0 Å². The summed E-state index contributed by atoms with van der Waals surface area (Å²) in [6.45, 7) is 6.70. The number of thioether (sulfide) groups is 1. The Bertz CT molecular complexity index is 675. The van der Waals surface area contributed by atoms with Gasteiger partial charge < -0.3 is 9.64 Å². The van der Waals surface area contributed by atoms with Crippen molar-refractivity contribution in [2.45, 2.75) is 55.3 Å². The van der Waals surface area contributed by atoms with Gasteiger partial charge in [0.25, 0.3) is 0 Å². The van der Waals surface area contributed by atoms with E-state index in [1.807, 2.05) is 20.8 Å². The van der Waals surface area contributed by atoms with E-state index in [1.54, 1.807) is 22.7 Å². The standard InChI is InChI=1S/C18H22FNO3S/c1-17(2,3)23-16(22)20-8-6-18(7-9-20)11-14(21)13-10-12(19)4-5-15(13)24-18/h4-5,10H,6-9,11H2,1-3H3. The van der Waals surface area contributed by atoms with Crippen LogP contribution in [0.3, 0.4) is 0 Å². The fourth-order valence-corrected chi connectivity index (χ4v) is 4.64. The van der Waals surface area contributed by atoms with E-state index in [9.17, 15) is 14.0 Å². The Kier molecular flexibility index (Phi) is 4.36. The topological polar surface area (TPSA) is 46.6 Å². The van der Waals surface area contributed by atoms with E-state index in [0.29, 0.717) is 25.1 Å². The van der Waals surface area contributed by atoms with Gasteiger partial charge in [-0.1, -0.05) is 0 Å². The van der Waals surface area contributed by atoms with Crippen LogP contribution in [0.1, 0.15) is 50.4 Å². The summed E-state index contributed by atoms with van der Waals surface area (Å²) >= 11 is 1.65. The van der Waals surface area contributed by atoms with Crippen LogP contribution in [0.4, 0.5) is 9.18 Å². The molecule has 2 aliphatic heterocycles. The molecule has 130 valence electrons. The van der Waals surface area contributed by atoms with Gasteiger partial charge in [-0.15, -0.1) is 11.8 Å². The minimum atomic E-state index is -0.509. The number of Topliss-reactive ketones (excluding diaryl/α,β-unsaturated/α-hetero) is 1. The number of amides is 1. The van der Waals surface area contributed by atoms with Gasteiger partial charge in [-0.3, -0.25) is 4.79 Å². The van der Waals surface area contributed by atoms with Gasteiger partial charge >= 0.3 is 6.09 Å². The van der Waals surface area contributed by atoms with Crippen molar-refractivity contribution in [3.05, 3.63) is 29.6 Å². The van der Waals surface area contributed by atoms with Gasteiger partial charge in [0.1, 0.15) is 11.4 Å². The van der Waals surface area contributed by atoms with Crippen LogP contribution in [-0.4, -0.2) is 40.2 Å². The fourth-order valence-electron chi connectivity index (χ4n) is 3.17. The average Bonchev–Trinajstić information content (AvgIpc) is 2.47. The molecule has 24 heavy (non-hydrogen) atoms. The molecule has 2 aliphatic rings. The van der Waals surface area contributed by atoms with Crippen molar-refractivity contribution < 1.29 is 18.7 Å². The Morgan fingerprint density at radius 2 is 1.96 bits per heavy atom. The summed E-state index contributed by atoms with van der Waals surface area (Å²) in [7, 11) is 0. The maximum absolute atomic E-state index is 13.4. The van der Waals surface area contributed by atoms with Crippen molar-refractivity contribution in [2.24, 2.45) is 0 Å². The molecule has 4 nitrogen and oxygen atoms in total. The molecule has 0 N–H and O–H groups in total. The third-order valence-corrected chi connectivity index (χ3v) is 5.94. The number of carbonyl (C=O) groups excluding carboxylic acids is 2. The molecule has 1 spiro atoms. The quantitative estimate of drug-likeness (QED) is 0.700. The maximum atomic E-state index is 13.4. The molecule has 1 aromatic rings. The van der Waals surface area contributed by atoms with Gasteiger partial charge in [0.2, 0.25) is 0 Å². The summed E-state index contributed by atoms with van der Waals surface area (Å²) in [5, 5.41) is 0. The van der Waals surface area contributed by atoms with Gasteiger partial charge in [-0.05, 0) is 51.8 Å². The first-order chi connectivity index (χ1) is 11.2. The van der Waals surface area contributed by atoms with Gasteiger partial charge in [-0.25, -0.2) is 9.18 Å². The Hall–Kier alpha value is -1.56. The summed E-state index contributed by atoms with van der Waals surface area (Å²) in [6, 6.07) is 4.41. The molecular formula is C18H22FNO3S. The number of hydrogen-bond acceptors (Lipinski definition) is 4. The van der Waals surface area contributed by atoms with Gasteiger partial charge in [0, 0.05) is 34.7 Å². The lowest BCUT2D eigenvalue weighted by Crippen LogP contribution is -2.48. The number of likely N-dealkylation sites (tertiary alicyclic amines) is 1. The average molecular weight is 351 g/mol. The van der Waals surface area contributed by atoms with E-state index < -0.39 is 5.60 Å². The highest BCUT2D eigenvalue weighted by molar-refractivity contribution is 8.01. The molecule has 6 heteroatoms. The van der Waals surface area contributed by atoms with Crippen LogP contribution in [0.5, 0.6) is 0 Å². The smallest absolute Gasteiger partial charge is 0.410 e. The Morgan fingerprint density at radius 3 is 2.58 bits per heavy atom. The zero-order valence-corrected chi connectivity index (χ0v) is 15.0. The van der Waals surface area contributed by atoms with Crippen LogP contribution in [0, 0.1) is 5.82 Å². The van der Waals surface area contributed by atoms with Crippen molar-refractivity contribution in [1.82, 2.24) is 4.90 Å². The van der Waals surface area contributed by atoms with Gasteiger partial charge in [0.15, 0.2) is 5.78 Å². The molecule has 0 aliphatic carbocycles. The zero-order chi connectivity index (χ0) is 17.5. The SMILES string of the molecule is CC(C)(C)OC(=O)N1CCC2(CC1)CC(=O)c1cc(F)ccc1S2. The van der Waals surface area contributed by atoms with Crippen LogP contribution in [0.2, 0.25) is 0 Å². The first kappa shape index (κ1) is 17.3. The number of ketones is 1. The molecule has 1 amide bonds. The maximum Gasteiger partial charge on any atom is 0.410 e. The molecule has 1 fully saturated rings. The summed E-state index contributed by atoms with van der Waals surface area (Å²) in [4.78, 5) is 27.2. The Labute approximate surface area is 145 Å². The first-order valence-electron chi connectivity index (χ1n) is 8.17. The highest BCUT2D eigenvalue weighted by Crippen LogP contribution is 2.49. The number of rotatable bonds is 0. The number of nitrogens with zero attached hydrogens (tertiary/aromatic N) is 1. The van der Waals surface area contributed by atoms with Crippen LogP contribution in [0.15, 0.2) is 23.1 Å². The van der Waals surface area contributed by atoms with E-state index in [1.165, 1.54) is 12.1 Å². The van der Waals surface area contributed by atoms with Crippen molar-refractivity contribution in [1.29, 1.82) is 0 Å². The Balaban J connectivity index is 1.69. The Morgan fingerprint density at radius 1 is 1.29 bits per heavy atom. The van der Waals surface area contributed by atoms with E-state index in [0.717, 1.165) is 17.7 Å². The zero-order valence-electron chi connectivity index (χ0n) is 14.2. The third kappa shape index (κ3) is 3.58. The van der Waals surface area contributed by atoms with Crippen LogP contribution >= 0.6 is 11.8 Å². The van der Waals surface area contributed by atoms with Crippen LogP contribution < -0.4 is 0 Å². The lowest BCUT2D eigenvalue weighted by molar-refractivity contribution is 0.0196. The highest BCUT2D eigenvalue weighted by atomic mass is 32.2. The molecule has 0 bridgehead atoms. The summed E-state index contributed by atoms with van der Waals surface area (Å²) in [5.74, 6) is -0.382. The van der Waals surface area contributed by atoms with Crippen molar-refractivity contribution in [2.75, 3.05) is 13.1 Å². The lowest BCUT2D eigenvalue weighted by Gasteiger charge is -2.43.